The molecule has 5 nitrogen and oxygen atoms in total. The molecule has 0 spiro atoms. The molecule has 0 saturated carbocycles. The zero-order chi connectivity index (χ0) is 27.4. The highest BCUT2D eigenvalue weighted by Gasteiger charge is 2.23. The van der Waals surface area contributed by atoms with E-state index in [4.69, 9.17) is 4.74 Å². The van der Waals surface area contributed by atoms with Gasteiger partial charge in [0, 0.05) is 47.4 Å². The molecule has 37 heavy (non-hydrogen) atoms. The lowest BCUT2D eigenvalue weighted by Crippen LogP contribution is -2.36. The second kappa shape index (κ2) is 15.4. The first-order chi connectivity index (χ1) is 17.7. The predicted octanol–water partition coefficient (Wildman–Crippen LogP) is 6.88. The van der Waals surface area contributed by atoms with Crippen LogP contribution >= 0.6 is 0 Å². The van der Waals surface area contributed by atoms with E-state index in [0.29, 0.717) is 22.0 Å². The molecule has 2 aromatic rings. The van der Waals surface area contributed by atoms with Crippen LogP contribution in [0, 0.1) is 17.6 Å². The molecule has 0 bridgehead atoms. The summed E-state index contributed by atoms with van der Waals surface area (Å²) in [5.74, 6) is -0.981. The molecule has 1 unspecified atom stereocenters. The lowest BCUT2D eigenvalue weighted by Gasteiger charge is -2.31. The fraction of sp³-hybridized carbons (Fsp3) is 0.448. The van der Waals surface area contributed by atoms with E-state index in [1.54, 1.807) is 25.3 Å². The van der Waals surface area contributed by atoms with Crippen molar-refractivity contribution in [1.29, 1.82) is 0 Å². The Labute approximate surface area is 222 Å². The van der Waals surface area contributed by atoms with E-state index in [0.717, 1.165) is 37.9 Å². The van der Waals surface area contributed by atoms with Gasteiger partial charge in [0.2, 0.25) is 5.95 Å². The molecule has 1 aliphatic rings. The number of ether oxygens (including phenoxy) is 1. The van der Waals surface area contributed by atoms with Gasteiger partial charge in [-0.25, -0.2) is 18.7 Å². The average Bonchev–Trinajstić information content (AvgIpc) is 2.89. The van der Waals surface area contributed by atoms with E-state index in [9.17, 15) is 13.0 Å². The summed E-state index contributed by atoms with van der Waals surface area (Å²) in [5, 5.41) is 0. The van der Waals surface area contributed by atoms with Crippen molar-refractivity contribution in [2.45, 2.75) is 53.4 Å². The number of anilines is 1. The number of aromatic nitrogens is 2. The molecule has 1 aromatic heterocycles. The highest BCUT2D eigenvalue weighted by Crippen LogP contribution is 2.29. The van der Waals surface area contributed by atoms with Crippen molar-refractivity contribution in [3.8, 4) is 5.75 Å². The molecule has 0 N–H and O–H groups in total. The second-order valence-corrected chi connectivity index (χ2v) is 10.6. The smallest absolute Gasteiger partial charge is 0.225 e. The van der Waals surface area contributed by atoms with Gasteiger partial charge in [-0.3, -0.25) is 4.21 Å². The van der Waals surface area contributed by atoms with Gasteiger partial charge < -0.3 is 9.64 Å². The number of nitrogens with zero attached hydrogens (tertiary/aromatic N) is 3. The maximum Gasteiger partial charge on any atom is 0.225 e. The van der Waals surface area contributed by atoms with E-state index in [1.807, 2.05) is 12.4 Å². The molecule has 1 fully saturated rings. The van der Waals surface area contributed by atoms with Crippen LogP contribution in [0.15, 0.2) is 54.2 Å². The van der Waals surface area contributed by atoms with Crippen molar-refractivity contribution in [1.82, 2.24) is 9.97 Å². The summed E-state index contributed by atoms with van der Waals surface area (Å²) in [7, 11) is -1.11. The van der Waals surface area contributed by atoms with Gasteiger partial charge in [-0.15, -0.1) is 0 Å². The van der Waals surface area contributed by atoms with Crippen LogP contribution < -0.4 is 9.64 Å². The maximum absolute atomic E-state index is 14.7. The fourth-order valence-corrected chi connectivity index (χ4v) is 3.90. The van der Waals surface area contributed by atoms with E-state index < -0.39 is 22.4 Å². The summed E-state index contributed by atoms with van der Waals surface area (Å²) in [6.07, 6.45) is 13.9. The predicted molar refractivity (Wildman–Crippen MR) is 150 cm³/mol. The molecule has 202 valence electrons. The Morgan fingerprint density at radius 1 is 1.14 bits per heavy atom. The minimum atomic E-state index is -1.11. The van der Waals surface area contributed by atoms with Gasteiger partial charge in [0.25, 0.3) is 0 Å². The number of allylic oxidation sites excluding steroid dienone is 5. The third-order valence-corrected chi connectivity index (χ3v) is 7.01. The van der Waals surface area contributed by atoms with Crippen molar-refractivity contribution in [2.75, 3.05) is 30.9 Å². The highest BCUT2D eigenvalue weighted by atomic mass is 32.2. The Kier molecular flexibility index (Phi) is 12.6. The molecule has 1 aromatic carbocycles. The van der Waals surface area contributed by atoms with E-state index in [1.165, 1.54) is 24.6 Å². The number of benzene rings is 1. The van der Waals surface area contributed by atoms with Crippen LogP contribution in [0.25, 0.3) is 5.57 Å². The van der Waals surface area contributed by atoms with Crippen molar-refractivity contribution in [2.24, 2.45) is 5.92 Å². The second-order valence-electron chi connectivity index (χ2n) is 9.02. The summed E-state index contributed by atoms with van der Waals surface area (Å²) in [6.45, 7) is 13.5. The SMILES string of the molecule is C=C/C(=C\C=C(/C)S(C)=O)c1cc(F)c(OCC2CCN(c3ncc(CC)cn3)CC2)c(F)c1.CCC. The van der Waals surface area contributed by atoms with Crippen molar-refractivity contribution in [3.63, 3.8) is 0 Å². The minimum absolute atomic E-state index is 0.191. The van der Waals surface area contributed by atoms with E-state index >= 15 is 0 Å². The lowest BCUT2D eigenvalue weighted by molar-refractivity contribution is 0.207. The molecule has 0 radical (unpaired) electrons. The Bertz CT molecular complexity index is 1090. The number of rotatable bonds is 9. The maximum atomic E-state index is 14.7. The monoisotopic (exact) mass is 531 g/mol. The van der Waals surface area contributed by atoms with Gasteiger partial charge in [-0.05, 0) is 67.0 Å². The van der Waals surface area contributed by atoms with Gasteiger partial charge >= 0.3 is 0 Å². The molecule has 0 amide bonds. The summed E-state index contributed by atoms with van der Waals surface area (Å²) >= 11 is 0. The third kappa shape index (κ3) is 9.18. The number of hydrogen-bond acceptors (Lipinski definition) is 5. The zero-order valence-electron chi connectivity index (χ0n) is 22.6. The van der Waals surface area contributed by atoms with Crippen LogP contribution in [0.5, 0.6) is 5.75 Å². The number of hydrogen-bond donors (Lipinski definition) is 0. The lowest BCUT2D eigenvalue weighted by atomic mass is 9.98. The summed E-state index contributed by atoms with van der Waals surface area (Å²) in [6, 6.07) is 2.47. The van der Waals surface area contributed by atoms with Crippen molar-refractivity contribution >= 4 is 22.3 Å². The molecule has 0 aliphatic carbocycles. The largest absolute Gasteiger partial charge is 0.487 e. The first kappa shape index (κ1) is 30.4. The zero-order valence-corrected chi connectivity index (χ0v) is 23.4. The van der Waals surface area contributed by atoms with Gasteiger partial charge in [0.1, 0.15) is 0 Å². The van der Waals surface area contributed by atoms with Crippen molar-refractivity contribution in [3.05, 3.63) is 77.0 Å². The number of halogens is 2. The van der Waals surface area contributed by atoms with Crippen LogP contribution in [0.1, 0.15) is 58.1 Å². The quantitative estimate of drug-likeness (QED) is 0.330. The highest BCUT2D eigenvalue weighted by molar-refractivity contribution is 7.88. The first-order valence-corrected chi connectivity index (χ1v) is 14.3. The van der Waals surface area contributed by atoms with Gasteiger partial charge in [0.05, 0.1) is 6.61 Å². The first-order valence-electron chi connectivity index (χ1n) is 12.8. The van der Waals surface area contributed by atoms with Crippen LogP contribution in [0.3, 0.4) is 0 Å². The standard InChI is InChI=1S/C26H31F2N3O2S.C3H8/c1-5-19-15-29-26(30-16-19)31-11-9-20(10-12-31)17-33-25-23(27)13-22(14-24(25)28)21(6-2)8-7-18(3)34(4)32;1-3-2/h6-8,13-16,20H,2,5,9-12,17H2,1,3-4H3;3H2,1-2H3/b18-7+,21-8+;. The number of piperidine rings is 1. The summed E-state index contributed by atoms with van der Waals surface area (Å²) < 4.78 is 46.5. The fourth-order valence-electron chi connectivity index (χ4n) is 3.64. The van der Waals surface area contributed by atoms with Gasteiger partial charge in [-0.1, -0.05) is 45.9 Å². The minimum Gasteiger partial charge on any atom is -0.487 e. The third-order valence-electron chi connectivity index (χ3n) is 5.96. The molecule has 2 heterocycles. The van der Waals surface area contributed by atoms with E-state index in [2.05, 4.69) is 42.2 Å². The topological polar surface area (TPSA) is 55.3 Å². The Balaban J connectivity index is 0.00000153. The molecular formula is C29H39F2N3O2S. The van der Waals surface area contributed by atoms with Gasteiger partial charge in [-0.2, -0.15) is 0 Å². The Hall–Kier alpha value is -2.87. The van der Waals surface area contributed by atoms with Gasteiger partial charge in [0.15, 0.2) is 17.4 Å². The Morgan fingerprint density at radius 2 is 1.70 bits per heavy atom. The molecule has 1 saturated heterocycles. The van der Waals surface area contributed by atoms with E-state index in [-0.39, 0.29) is 18.3 Å². The van der Waals surface area contributed by atoms with Crippen molar-refractivity contribution < 1.29 is 17.7 Å². The average molecular weight is 532 g/mol. The normalized spacial score (nSPS) is 15.6. The molecule has 1 atom stereocenters. The molecule has 1 aliphatic heterocycles. The Morgan fingerprint density at radius 3 is 2.19 bits per heavy atom. The summed E-state index contributed by atoms with van der Waals surface area (Å²) in [4.78, 5) is 11.6. The molecule has 3 rings (SSSR count). The molecular weight excluding hydrogens is 492 g/mol. The number of aryl methyl sites for hydroxylation is 1. The van der Waals surface area contributed by atoms with Crippen LogP contribution in [-0.2, 0) is 17.2 Å². The summed E-state index contributed by atoms with van der Waals surface area (Å²) in [5.41, 5.74) is 1.96. The van der Waals surface area contributed by atoms with Crippen LogP contribution in [0.2, 0.25) is 0 Å². The van der Waals surface area contributed by atoms with Crippen LogP contribution in [0.4, 0.5) is 14.7 Å². The molecule has 8 heteroatoms. The van der Waals surface area contributed by atoms with Crippen LogP contribution in [-0.4, -0.2) is 40.1 Å².